The summed E-state index contributed by atoms with van der Waals surface area (Å²) >= 11 is 0. The Kier molecular flexibility index (Phi) is 6.85. The Morgan fingerprint density at radius 3 is 2.65 bits per heavy atom. The van der Waals surface area contributed by atoms with Crippen LogP contribution in [0.2, 0.25) is 0 Å². The van der Waals surface area contributed by atoms with Gasteiger partial charge in [0.25, 0.3) is 5.91 Å². The first kappa shape index (κ1) is 22.2. The van der Waals surface area contributed by atoms with E-state index in [0.29, 0.717) is 17.6 Å². The van der Waals surface area contributed by atoms with Crippen LogP contribution >= 0.6 is 0 Å². The number of ether oxygens (including phenoxy) is 2. The Morgan fingerprint density at radius 2 is 1.91 bits per heavy atom. The summed E-state index contributed by atoms with van der Waals surface area (Å²) in [6.07, 6.45) is 3.24. The maximum absolute atomic E-state index is 11.8. The van der Waals surface area contributed by atoms with Gasteiger partial charge in [-0.15, -0.1) is 0 Å². The highest BCUT2D eigenvalue weighted by molar-refractivity contribution is 6.09. The van der Waals surface area contributed by atoms with Crippen LogP contribution in [0, 0.1) is 0 Å². The van der Waals surface area contributed by atoms with Crippen LogP contribution in [0.1, 0.15) is 42.5 Å². The number of amides is 1. The van der Waals surface area contributed by atoms with Crippen LogP contribution in [0.15, 0.2) is 48.7 Å². The molecule has 2 N–H and O–H groups in total. The van der Waals surface area contributed by atoms with Crippen molar-refractivity contribution < 1.29 is 25.2 Å². The third kappa shape index (κ3) is 5.45. The number of piperidine rings is 1. The second-order valence-corrected chi connectivity index (χ2v) is 8.14. The van der Waals surface area contributed by atoms with Gasteiger partial charge in [-0.2, -0.15) is 5.10 Å². The minimum atomic E-state index is -1.51. The molecular formula is C24H25BN4O5. The Morgan fingerprint density at radius 1 is 1.15 bits per heavy atom. The van der Waals surface area contributed by atoms with Crippen molar-refractivity contribution in [2.45, 2.75) is 25.2 Å². The van der Waals surface area contributed by atoms with Crippen LogP contribution < -0.4 is 5.73 Å². The molecule has 2 radical (unpaired) electrons. The summed E-state index contributed by atoms with van der Waals surface area (Å²) < 4.78 is 18.3. The number of esters is 2. The summed E-state index contributed by atoms with van der Waals surface area (Å²) in [4.78, 5) is 37.0. The molecule has 3 aromatic rings. The maximum atomic E-state index is 11.8. The van der Waals surface area contributed by atoms with E-state index in [1.165, 1.54) is 0 Å². The van der Waals surface area contributed by atoms with Crippen molar-refractivity contribution >= 4 is 36.6 Å². The molecule has 1 unspecified atom stereocenters. The van der Waals surface area contributed by atoms with E-state index in [2.05, 4.69) is 22.0 Å². The molecule has 10 heteroatoms. The Labute approximate surface area is 199 Å². The zero-order chi connectivity index (χ0) is 24.9. The third-order valence-electron chi connectivity index (χ3n) is 5.83. The summed E-state index contributed by atoms with van der Waals surface area (Å²) in [5, 5.41) is 5.38. The number of hydrogen-bond donors (Lipinski definition) is 1. The highest BCUT2D eigenvalue weighted by Gasteiger charge is 2.23. The zero-order valence-electron chi connectivity index (χ0n) is 19.6. The first-order valence-corrected chi connectivity index (χ1v) is 10.9. The average Bonchev–Trinajstić information content (AvgIpc) is 3.27. The largest absolute Gasteiger partial charge is 0.476 e. The smallest absolute Gasteiger partial charge is 0.318 e. The maximum Gasteiger partial charge on any atom is 0.318 e. The molecule has 34 heavy (non-hydrogen) atoms. The lowest BCUT2D eigenvalue weighted by atomic mass is 9.91. The molecule has 1 aromatic heterocycles. The number of aromatic nitrogens is 2. The van der Waals surface area contributed by atoms with Crippen molar-refractivity contribution in [3.05, 3.63) is 59.8 Å². The minimum Gasteiger partial charge on any atom is -0.476 e. The monoisotopic (exact) mass is 461 g/mol. The van der Waals surface area contributed by atoms with Crippen LogP contribution in [0.4, 0.5) is 0 Å². The number of fused-ring (bicyclic) bond motifs is 1. The van der Waals surface area contributed by atoms with Gasteiger partial charge >= 0.3 is 11.9 Å². The van der Waals surface area contributed by atoms with E-state index in [1.807, 2.05) is 29.3 Å². The van der Waals surface area contributed by atoms with Crippen molar-refractivity contribution in [2.75, 3.05) is 26.3 Å². The van der Waals surface area contributed by atoms with Gasteiger partial charge in [0.2, 0.25) is 0 Å². The van der Waals surface area contributed by atoms with E-state index in [4.69, 9.17) is 19.7 Å². The number of nitrogens with zero attached hydrogens (tertiary/aromatic N) is 3. The predicted octanol–water partition coefficient (Wildman–Crippen LogP) is 1.86. The molecule has 0 spiro atoms. The van der Waals surface area contributed by atoms with Crippen molar-refractivity contribution in [1.29, 1.82) is 0 Å². The summed E-state index contributed by atoms with van der Waals surface area (Å²) in [5.74, 6) is -1.85. The van der Waals surface area contributed by atoms with Crippen molar-refractivity contribution in [3.63, 3.8) is 0 Å². The van der Waals surface area contributed by atoms with Crippen LogP contribution in [0.25, 0.3) is 16.6 Å². The van der Waals surface area contributed by atoms with E-state index in [-0.39, 0.29) is 12.6 Å². The molecule has 1 saturated heterocycles. The lowest BCUT2D eigenvalue weighted by molar-refractivity contribution is -0.156. The van der Waals surface area contributed by atoms with Crippen molar-refractivity contribution in [3.8, 4) is 5.69 Å². The van der Waals surface area contributed by atoms with Gasteiger partial charge in [0.15, 0.2) is 0 Å². The molecule has 4 rings (SSSR count). The summed E-state index contributed by atoms with van der Waals surface area (Å²) in [6.45, 7) is 0.0637. The fraction of sp³-hybridized carbons (Fsp3) is 0.333. The molecule has 2 atom stereocenters. The number of benzene rings is 2. The SMILES string of the molecule is [2H]C([B])OC(=O)CC(=O)OCN1CCC[C@@H](c2ccc(-n3cc4cccc(C(N)=O)c4n3)cc2)C1. The molecule has 0 aliphatic carbocycles. The molecular weight excluding hydrogens is 435 g/mol. The lowest BCUT2D eigenvalue weighted by Crippen LogP contribution is -2.37. The number of carbonyl (C=O) groups is 3. The highest BCUT2D eigenvalue weighted by Crippen LogP contribution is 2.28. The first-order valence-electron chi connectivity index (χ1n) is 11.5. The van der Waals surface area contributed by atoms with E-state index >= 15 is 0 Å². The van der Waals surface area contributed by atoms with Gasteiger partial charge in [-0.05, 0) is 42.5 Å². The molecule has 2 aromatic carbocycles. The number of hydrogen-bond acceptors (Lipinski definition) is 7. The number of nitrogens with two attached hydrogens (primary N) is 1. The van der Waals surface area contributed by atoms with Crippen LogP contribution in [0.3, 0.4) is 0 Å². The van der Waals surface area contributed by atoms with Gasteiger partial charge < -0.3 is 15.2 Å². The Hall–Kier alpha value is -3.66. The fourth-order valence-electron chi connectivity index (χ4n) is 4.17. The molecule has 0 bridgehead atoms. The number of rotatable bonds is 8. The number of likely N-dealkylation sites (tertiary alicyclic amines) is 1. The normalized spacial score (nSPS) is 17.6. The van der Waals surface area contributed by atoms with Crippen LogP contribution in [-0.2, 0) is 19.1 Å². The molecule has 1 aliphatic heterocycles. The molecule has 9 nitrogen and oxygen atoms in total. The molecule has 174 valence electrons. The van der Waals surface area contributed by atoms with Crippen LogP contribution in [-0.4, -0.2) is 66.7 Å². The quantitative estimate of drug-likeness (QED) is 0.309. The molecule has 0 saturated carbocycles. The number of primary amides is 1. The minimum absolute atomic E-state index is 0.0791. The summed E-state index contributed by atoms with van der Waals surface area (Å²) in [6, 6.07) is 13.4. The first-order chi connectivity index (χ1) is 16.8. The van der Waals surface area contributed by atoms with Gasteiger partial charge in [-0.25, -0.2) is 4.68 Å². The van der Waals surface area contributed by atoms with Crippen molar-refractivity contribution in [2.24, 2.45) is 5.73 Å². The highest BCUT2D eigenvalue weighted by atomic mass is 16.6. The van der Waals surface area contributed by atoms with Gasteiger partial charge in [-0.1, -0.05) is 24.3 Å². The van der Waals surface area contributed by atoms with Gasteiger partial charge in [0.1, 0.15) is 26.5 Å². The molecule has 1 fully saturated rings. The number of carbonyl (C=O) groups excluding carboxylic acids is 3. The lowest BCUT2D eigenvalue weighted by Gasteiger charge is -2.32. The van der Waals surface area contributed by atoms with Gasteiger partial charge in [-0.3, -0.25) is 19.3 Å². The predicted molar refractivity (Wildman–Crippen MR) is 125 cm³/mol. The van der Waals surface area contributed by atoms with E-state index < -0.39 is 30.7 Å². The average molecular weight is 461 g/mol. The zero-order valence-corrected chi connectivity index (χ0v) is 18.6. The second-order valence-electron chi connectivity index (χ2n) is 8.14. The van der Waals surface area contributed by atoms with Gasteiger partial charge in [0, 0.05) is 31.2 Å². The van der Waals surface area contributed by atoms with E-state index in [9.17, 15) is 14.4 Å². The van der Waals surface area contributed by atoms with E-state index in [0.717, 1.165) is 36.0 Å². The summed E-state index contributed by atoms with van der Waals surface area (Å²) in [5.41, 5.74) is 8.44. The second kappa shape index (κ2) is 10.5. The molecule has 2 heterocycles. The van der Waals surface area contributed by atoms with Crippen molar-refractivity contribution in [1.82, 2.24) is 14.7 Å². The van der Waals surface area contributed by atoms with E-state index in [1.54, 1.807) is 16.8 Å². The third-order valence-corrected chi connectivity index (χ3v) is 5.83. The van der Waals surface area contributed by atoms with Gasteiger partial charge in [0.05, 0.1) is 12.6 Å². The standard InChI is InChI=1S/C24H25BN4O5/c25-14-33-21(30)11-22(31)34-15-28-10-2-4-17(12-28)16-6-8-19(9-7-16)29-13-18-3-1-5-20(24(26)32)23(18)27-29/h1,3,5-9,13,17H,2,4,10-12,14-15H2,(H2,26,32)/t17-/m1/s1/i14D/t14?,17-. The summed E-state index contributed by atoms with van der Waals surface area (Å²) in [7, 11) is 5.05. The Bertz CT molecular complexity index is 1230. The molecule has 1 amide bonds. The van der Waals surface area contributed by atoms with Crippen LogP contribution in [0.5, 0.6) is 0 Å². The molecule has 1 aliphatic rings. The Balaban J connectivity index is 1.36. The fourth-order valence-corrected chi connectivity index (χ4v) is 4.17. The topological polar surface area (TPSA) is 117 Å².